The van der Waals surface area contributed by atoms with Crippen LogP contribution in [0.2, 0.25) is 0 Å². The summed E-state index contributed by atoms with van der Waals surface area (Å²) in [5, 5.41) is 2.38. The van der Waals surface area contributed by atoms with Gasteiger partial charge in [-0.1, -0.05) is 11.8 Å². The van der Waals surface area contributed by atoms with E-state index < -0.39 is 0 Å². The summed E-state index contributed by atoms with van der Waals surface area (Å²) >= 11 is 4.16. The zero-order valence-corrected chi connectivity index (χ0v) is 12.2. The van der Waals surface area contributed by atoms with Gasteiger partial charge in [-0.3, -0.25) is 19.3 Å². The Morgan fingerprint density at radius 2 is 2.32 bits per heavy atom. The monoisotopic (exact) mass is 343 g/mol. The van der Waals surface area contributed by atoms with Crippen LogP contribution in [0.25, 0.3) is 0 Å². The lowest BCUT2D eigenvalue weighted by Crippen LogP contribution is -2.37. The maximum atomic E-state index is 11.8. The van der Waals surface area contributed by atoms with E-state index in [4.69, 9.17) is 0 Å². The number of carbonyl (C=O) groups excluding carboxylic acids is 3. The van der Waals surface area contributed by atoms with Crippen LogP contribution in [0.3, 0.4) is 0 Å². The number of hydrogen-bond acceptors (Lipinski definition) is 5. The number of nitrogens with zero attached hydrogens (tertiary/aromatic N) is 2. The third-order valence-corrected chi connectivity index (χ3v) is 3.96. The number of nitrogens with one attached hydrogen (secondary N) is 1. The largest absolute Gasteiger partial charge is 0.350 e. The molecular formula is C11H10BrN3O3S. The summed E-state index contributed by atoms with van der Waals surface area (Å²) < 4.78 is 0.455. The normalized spacial score (nSPS) is 14.9. The van der Waals surface area contributed by atoms with Crippen LogP contribution in [-0.2, 0) is 4.79 Å². The van der Waals surface area contributed by atoms with Gasteiger partial charge in [0.25, 0.3) is 11.1 Å². The first-order valence-corrected chi connectivity index (χ1v) is 7.23. The molecule has 0 unspecified atom stereocenters. The quantitative estimate of drug-likeness (QED) is 0.832. The number of rotatable bonds is 4. The Balaban J connectivity index is 1.86. The number of halogens is 1. The van der Waals surface area contributed by atoms with Crippen LogP contribution in [-0.4, -0.2) is 45.8 Å². The SMILES string of the molecule is O=C(NCCN1C(=O)CSC1=O)c1cccnc1Br. The lowest BCUT2D eigenvalue weighted by molar-refractivity contribution is -0.124. The molecule has 1 N–H and O–H groups in total. The van der Waals surface area contributed by atoms with Gasteiger partial charge in [0.1, 0.15) is 4.60 Å². The molecule has 2 heterocycles. The average molecular weight is 344 g/mol. The number of imide groups is 1. The molecule has 0 spiro atoms. The van der Waals surface area contributed by atoms with Gasteiger partial charge < -0.3 is 5.32 Å². The molecule has 19 heavy (non-hydrogen) atoms. The molecule has 0 aromatic carbocycles. The summed E-state index contributed by atoms with van der Waals surface area (Å²) in [6, 6.07) is 3.29. The molecule has 1 saturated heterocycles. The highest BCUT2D eigenvalue weighted by molar-refractivity contribution is 9.10. The molecule has 3 amide bonds. The molecule has 0 saturated carbocycles. The van der Waals surface area contributed by atoms with Crippen LogP contribution in [0, 0.1) is 0 Å². The van der Waals surface area contributed by atoms with Gasteiger partial charge in [-0.25, -0.2) is 4.98 Å². The minimum atomic E-state index is -0.299. The zero-order valence-electron chi connectivity index (χ0n) is 9.76. The molecule has 8 heteroatoms. The Labute approximate surface area is 122 Å². The number of aromatic nitrogens is 1. The van der Waals surface area contributed by atoms with Crippen molar-refractivity contribution < 1.29 is 14.4 Å². The second-order valence-electron chi connectivity index (χ2n) is 3.70. The molecule has 0 atom stereocenters. The second kappa shape index (κ2) is 6.16. The van der Waals surface area contributed by atoms with Gasteiger partial charge in [0.2, 0.25) is 5.91 Å². The van der Waals surface area contributed by atoms with Gasteiger partial charge in [-0.2, -0.15) is 0 Å². The van der Waals surface area contributed by atoms with Crippen molar-refractivity contribution in [3.63, 3.8) is 0 Å². The summed E-state index contributed by atoms with van der Waals surface area (Å²) in [7, 11) is 0. The third kappa shape index (κ3) is 3.32. The van der Waals surface area contributed by atoms with Crippen molar-refractivity contribution >= 4 is 44.7 Å². The maximum absolute atomic E-state index is 11.8. The summed E-state index contributed by atoms with van der Waals surface area (Å²) in [5.41, 5.74) is 0.413. The molecule has 2 rings (SSSR count). The lowest BCUT2D eigenvalue weighted by Gasteiger charge is -2.13. The second-order valence-corrected chi connectivity index (χ2v) is 5.38. The molecule has 1 aromatic rings. The summed E-state index contributed by atoms with van der Waals surface area (Å²) in [4.78, 5) is 39.6. The minimum Gasteiger partial charge on any atom is -0.350 e. The third-order valence-electron chi connectivity index (χ3n) is 2.47. The van der Waals surface area contributed by atoms with Gasteiger partial charge in [0.15, 0.2) is 0 Å². The predicted octanol–water partition coefficient (Wildman–Crippen LogP) is 1.27. The van der Waals surface area contributed by atoms with Crippen molar-refractivity contribution in [2.45, 2.75) is 0 Å². The van der Waals surface area contributed by atoms with Crippen LogP contribution in [0.4, 0.5) is 4.79 Å². The molecular weight excluding hydrogens is 334 g/mol. The van der Waals surface area contributed by atoms with E-state index in [1.807, 2.05) is 0 Å². The van der Waals surface area contributed by atoms with Crippen LogP contribution in [0.1, 0.15) is 10.4 Å². The highest BCUT2D eigenvalue weighted by atomic mass is 79.9. The first kappa shape index (κ1) is 14.0. The van der Waals surface area contributed by atoms with Gasteiger partial charge in [0.05, 0.1) is 11.3 Å². The number of hydrogen-bond donors (Lipinski definition) is 1. The Kier molecular flexibility index (Phi) is 4.54. The van der Waals surface area contributed by atoms with Crippen molar-refractivity contribution in [1.82, 2.24) is 15.2 Å². The predicted molar refractivity (Wildman–Crippen MR) is 73.8 cm³/mol. The Hall–Kier alpha value is -1.41. The molecule has 1 fully saturated rings. The summed E-state index contributed by atoms with van der Waals surface area (Å²) in [6.07, 6.45) is 1.57. The fourth-order valence-electron chi connectivity index (χ4n) is 1.53. The summed E-state index contributed by atoms with van der Waals surface area (Å²) in [5.74, 6) is -0.334. The van der Waals surface area contributed by atoms with Crippen molar-refractivity contribution in [2.24, 2.45) is 0 Å². The number of carbonyl (C=O) groups is 3. The number of amides is 3. The average Bonchev–Trinajstić information content (AvgIpc) is 2.70. The van der Waals surface area contributed by atoms with E-state index >= 15 is 0 Å². The summed E-state index contributed by atoms with van der Waals surface area (Å²) in [6.45, 7) is 0.409. The highest BCUT2D eigenvalue weighted by Crippen LogP contribution is 2.17. The molecule has 1 aliphatic heterocycles. The highest BCUT2D eigenvalue weighted by Gasteiger charge is 2.29. The van der Waals surface area contributed by atoms with Crippen molar-refractivity contribution in [2.75, 3.05) is 18.8 Å². The fourth-order valence-corrected chi connectivity index (χ4v) is 2.71. The first-order chi connectivity index (χ1) is 9.09. The molecule has 0 radical (unpaired) electrons. The number of thioether (sulfide) groups is 1. The van der Waals surface area contributed by atoms with Crippen molar-refractivity contribution in [3.05, 3.63) is 28.5 Å². The first-order valence-electron chi connectivity index (χ1n) is 5.45. The van der Waals surface area contributed by atoms with E-state index in [0.29, 0.717) is 10.2 Å². The molecule has 6 nitrogen and oxygen atoms in total. The lowest BCUT2D eigenvalue weighted by atomic mass is 10.3. The van der Waals surface area contributed by atoms with E-state index in [2.05, 4.69) is 26.2 Å². The van der Waals surface area contributed by atoms with Crippen LogP contribution >= 0.6 is 27.7 Å². The van der Waals surface area contributed by atoms with Crippen molar-refractivity contribution in [3.8, 4) is 0 Å². The van der Waals surface area contributed by atoms with E-state index in [1.165, 1.54) is 0 Å². The van der Waals surface area contributed by atoms with Gasteiger partial charge >= 0.3 is 0 Å². The van der Waals surface area contributed by atoms with Crippen LogP contribution in [0.5, 0.6) is 0 Å². The molecule has 1 aromatic heterocycles. The van der Waals surface area contributed by atoms with Crippen LogP contribution < -0.4 is 5.32 Å². The maximum Gasteiger partial charge on any atom is 0.288 e. The van der Waals surface area contributed by atoms with Gasteiger partial charge in [-0.05, 0) is 28.1 Å². The van der Waals surface area contributed by atoms with Crippen LogP contribution in [0.15, 0.2) is 22.9 Å². The Bertz CT molecular complexity index is 522. The fraction of sp³-hybridized carbons (Fsp3) is 0.273. The van der Waals surface area contributed by atoms with Gasteiger partial charge in [-0.15, -0.1) is 0 Å². The standard InChI is InChI=1S/C11H10BrN3O3S/c12-9-7(2-1-3-13-9)10(17)14-4-5-15-8(16)6-19-11(15)18/h1-3H,4-6H2,(H,14,17). The molecule has 0 bridgehead atoms. The number of pyridine rings is 1. The molecule has 100 valence electrons. The van der Waals surface area contributed by atoms with Gasteiger partial charge in [0, 0.05) is 19.3 Å². The Morgan fingerprint density at radius 3 is 2.95 bits per heavy atom. The topological polar surface area (TPSA) is 79.4 Å². The van der Waals surface area contributed by atoms with Crippen molar-refractivity contribution in [1.29, 1.82) is 0 Å². The minimum absolute atomic E-state index is 0.181. The van der Waals surface area contributed by atoms with E-state index in [0.717, 1.165) is 16.7 Å². The Morgan fingerprint density at radius 1 is 1.53 bits per heavy atom. The molecule has 0 aliphatic carbocycles. The molecule has 1 aliphatic rings. The van der Waals surface area contributed by atoms with E-state index in [1.54, 1.807) is 18.3 Å². The van der Waals surface area contributed by atoms with E-state index in [-0.39, 0.29) is 35.9 Å². The smallest absolute Gasteiger partial charge is 0.288 e. The zero-order chi connectivity index (χ0) is 13.8. The van der Waals surface area contributed by atoms with E-state index in [9.17, 15) is 14.4 Å².